The lowest BCUT2D eigenvalue weighted by molar-refractivity contribution is -0.149. The molecule has 412 valence electrons. The van der Waals surface area contributed by atoms with E-state index in [1.54, 1.807) is 0 Å². The minimum Gasteiger partial charge on any atom is -0.481 e. The van der Waals surface area contributed by atoms with Crippen LogP contribution in [0.2, 0.25) is 5.02 Å². The number of alkyl halides is 8. The SMILES string of the molecule is CC(C)(C#Cc1ccc(-c2ccc(Cl)c3c(CN(C(=O)C(=O)NC(CC(=O)O)C(=O)O)[SH](=O)=O)nn(CC(F)(F)F)c23)c(C(Cc2cc(F)cc(F)c2)NC(=O)Cn2nc(C(F)(F)F)c3c2C(F)(F)[C@@H]2C[C@H]32)n1)S(C)(=O)=O. The number of thiol groups is 1. The lowest BCUT2D eigenvalue weighted by Gasteiger charge is -2.23. The number of rotatable bonds is 16. The lowest BCUT2D eigenvalue weighted by Crippen LogP contribution is -2.49. The summed E-state index contributed by atoms with van der Waals surface area (Å²) in [5.41, 5.74) is -7.15. The summed E-state index contributed by atoms with van der Waals surface area (Å²) in [4.78, 5) is 67.5. The zero-order valence-corrected chi connectivity index (χ0v) is 41.8. The van der Waals surface area contributed by atoms with Crippen molar-refractivity contribution >= 4 is 72.9 Å². The van der Waals surface area contributed by atoms with Crippen LogP contribution in [-0.4, -0.2) is 109 Å². The highest BCUT2D eigenvalue weighted by molar-refractivity contribution is 7.92. The van der Waals surface area contributed by atoms with Crippen molar-refractivity contribution in [2.75, 3.05) is 6.26 Å². The molecule has 19 nitrogen and oxygen atoms in total. The van der Waals surface area contributed by atoms with Crippen molar-refractivity contribution in [3.63, 3.8) is 0 Å². The molecule has 3 heterocycles. The summed E-state index contributed by atoms with van der Waals surface area (Å²) in [6.45, 7) is -2.41. The lowest BCUT2D eigenvalue weighted by atomic mass is 9.93. The Morgan fingerprint density at radius 3 is 2.16 bits per heavy atom. The second kappa shape index (κ2) is 20.6. The molecule has 3 aromatic heterocycles. The molecular weight excluding hydrogens is 1120 g/mol. The molecule has 2 aliphatic carbocycles. The Kier molecular flexibility index (Phi) is 15.3. The standard InChI is InChI=1S/C45H37ClF10N8O11S2/c1-42(2,77(3,74)75)9-8-22-4-5-23(24-6-7-27(46)34-30(60-63(36(24)34)18-43(49,50)51)16-64(76(72)73)40(69)39(68)59-29(41(70)71)15-32(66)67)35(57-22)28(12-19-10-20(47)13-21(48)11-19)58-31(65)17-62-38-33(37(61-62)45(54,55)56)25-14-26(25)44(38,52)53/h4-7,10-11,13,25-26,28-29,76H,12,14-18H2,1-3H3,(H,58,65)(H,59,68)(H,66,67)(H,70,71)/t25-,26+,28?,29?/m0/s1. The van der Waals surface area contributed by atoms with Crippen LogP contribution in [0.5, 0.6) is 0 Å². The van der Waals surface area contributed by atoms with E-state index in [1.807, 2.05) is 0 Å². The van der Waals surface area contributed by atoms with Crippen LogP contribution in [0.3, 0.4) is 0 Å². The highest BCUT2D eigenvalue weighted by Crippen LogP contribution is 2.68. The number of hydrogen-bond donors (Lipinski definition) is 5. The van der Waals surface area contributed by atoms with Crippen molar-refractivity contribution in [1.82, 2.24) is 39.5 Å². The van der Waals surface area contributed by atoms with Crippen LogP contribution in [0.1, 0.15) is 78.2 Å². The minimum absolute atomic E-state index is 0.149. The number of nitrogens with one attached hydrogen (secondary N) is 2. The van der Waals surface area contributed by atoms with Gasteiger partial charge in [0.1, 0.15) is 46.9 Å². The van der Waals surface area contributed by atoms with Gasteiger partial charge in [-0.25, -0.2) is 39.7 Å². The molecule has 5 aromatic rings. The number of carbonyl (C=O) groups excluding carboxylic acids is 3. The van der Waals surface area contributed by atoms with Gasteiger partial charge in [0.05, 0.1) is 40.9 Å². The summed E-state index contributed by atoms with van der Waals surface area (Å²) in [6.07, 6.45) is -12.0. The predicted octanol–water partition coefficient (Wildman–Crippen LogP) is 5.19. The van der Waals surface area contributed by atoms with Gasteiger partial charge in [0.25, 0.3) is 5.92 Å². The van der Waals surface area contributed by atoms with E-state index in [0.717, 1.165) is 42.7 Å². The molecule has 0 aliphatic heterocycles. The third-order valence-corrected chi connectivity index (χ3v) is 15.3. The average molecular weight is 1160 g/mol. The number of pyridine rings is 1. The Balaban J connectivity index is 1.43. The third-order valence-electron chi connectivity index (χ3n) is 12.3. The number of hydrogen-bond acceptors (Lipinski definition) is 12. The van der Waals surface area contributed by atoms with Gasteiger partial charge in [0.15, 0.2) is 15.5 Å². The monoisotopic (exact) mass is 1150 g/mol. The second-order valence-corrected chi connectivity index (χ2v) is 22.1. The van der Waals surface area contributed by atoms with Gasteiger partial charge in [-0.2, -0.15) is 45.3 Å². The van der Waals surface area contributed by atoms with Crippen molar-refractivity contribution in [1.29, 1.82) is 0 Å². The smallest absolute Gasteiger partial charge is 0.435 e. The number of halogens is 11. The molecule has 77 heavy (non-hydrogen) atoms. The molecule has 3 amide bonds. The molecule has 0 saturated heterocycles. The molecule has 2 aliphatic rings. The number of carboxylic acid groups (broad SMARTS) is 2. The maximum absolute atomic E-state index is 15.6. The van der Waals surface area contributed by atoms with Gasteiger partial charge < -0.3 is 20.8 Å². The molecule has 0 radical (unpaired) electrons. The number of aromatic nitrogens is 5. The summed E-state index contributed by atoms with van der Waals surface area (Å²) in [5.74, 6) is -13.2. The average Bonchev–Trinajstić information content (AvgIpc) is 3.85. The van der Waals surface area contributed by atoms with Gasteiger partial charge in [0.2, 0.25) is 16.8 Å². The molecule has 0 bridgehead atoms. The first-order valence-electron chi connectivity index (χ1n) is 22.0. The fourth-order valence-electron chi connectivity index (χ4n) is 8.52. The van der Waals surface area contributed by atoms with Crippen molar-refractivity contribution in [2.45, 2.75) is 93.8 Å². The van der Waals surface area contributed by atoms with Crippen LogP contribution in [-0.2, 0) is 82.9 Å². The Morgan fingerprint density at radius 1 is 0.948 bits per heavy atom. The number of carbonyl (C=O) groups is 5. The quantitative estimate of drug-likeness (QED) is 0.0369. The van der Waals surface area contributed by atoms with E-state index >= 15 is 8.78 Å². The molecule has 4 N–H and O–H groups in total. The first-order valence-corrected chi connectivity index (χ1v) is 25.4. The molecular formula is C45H37ClF10N8O11S2. The van der Waals surface area contributed by atoms with Crippen LogP contribution in [0, 0.1) is 29.4 Å². The van der Waals surface area contributed by atoms with E-state index in [1.165, 1.54) is 19.2 Å². The zero-order chi connectivity index (χ0) is 57.2. The Morgan fingerprint density at radius 2 is 1.58 bits per heavy atom. The molecule has 2 unspecified atom stereocenters. The van der Waals surface area contributed by atoms with Gasteiger partial charge in [-0.15, -0.1) is 0 Å². The van der Waals surface area contributed by atoms with Crippen molar-refractivity contribution in [3.05, 3.63) is 98.7 Å². The van der Waals surface area contributed by atoms with Gasteiger partial charge in [-0.3, -0.25) is 28.5 Å². The number of nitrogens with zero attached hydrogens (tertiary/aromatic N) is 6. The van der Waals surface area contributed by atoms with Crippen molar-refractivity contribution < 1.29 is 94.9 Å². The molecule has 0 spiro atoms. The van der Waals surface area contributed by atoms with E-state index in [9.17, 15) is 81.0 Å². The van der Waals surface area contributed by atoms with Crippen molar-refractivity contribution in [3.8, 4) is 23.0 Å². The highest BCUT2D eigenvalue weighted by Gasteiger charge is 2.68. The van der Waals surface area contributed by atoms with E-state index in [4.69, 9.17) is 16.7 Å². The van der Waals surface area contributed by atoms with E-state index < -0.39 is 191 Å². The van der Waals surface area contributed by atoms with E-state index in [-0.39, 0.29) is 36.9 Å². The summed E-state index contributed by atoms with van der Waals surface area (Å²) in [7, 11) is -8.22. The Hall–Kier alpha value is -7.33. The summed E-state index contributed by atoms with van der Waals surface area (Å²) < 4.78 is 196. The number of carboxylic acids is 2. The summed E-state index contributed by atoms with van der Waals surface area (Å²) in [6, 6.07) is 2.04. The number of sulfone groups is 1. The van der Waals surface area contributed by atoms with Crippen LogP contribution in [0.4, 0.5) is 43.9 Å². The highest BCUT2D eigenvalue weighted by atomic mass is 35.5. The number of aliphatic carboxylic acids is 2. The number of amides is 3. The molecule has 32 heteroatoms. The van der Waals surface area contributed by atoms with Gasteiger partial charge in [-0.05, 0) is 74.4 Å². The molecule has 7 rings (SSSR count). The summed E-state index contributed by atoms with van der Waals surface area (Å²) in [5, 5.41) is 28.4. The molecule has 4 atom stereocenters. The maximum atomic E-state index is 15.6. The minimum atomic E-state index is -5.26. The van der Waals surface area contributed by atoms with Gasteiger partial charge in [0, 0.05) is 40.3 Å². The van der Waals surface area contributed by atoms with Crippen LogP contribution in [0.15, 0.2) is 42.5 Å². The van der Waals surface area contributed by atoms with Crippen LogP contribution < -0.4 is 10.6 Å². The normalized spacial score (nSPS) is 16.7. The zero-order valence-electron chi connectivity index (χ0n) is 39.4. The fourth-order valence-corrected chi connectivity index (χ4v) is 9.51. The first-order chi connectivity index (χ1) is 35.5. The van der Waals surface area contributed by atoms with Crippen LogP contribution in [0.25, 0.3) is 22.0 Å². The predicted molar refractivity (Wildman–Crippen MR) is 245 cm³/mol. The summed E-state index contributed by atoms with van der Waals surface area (Å²) >= 11 is 6.56. The number of benzene rings is 2. The Labute approximate surface area is 433 Å². The second-order valence-electron chi connectivity index (χ2n) is 18.2. The number of fused-ring (bicyclic) bond motifs is 4. The van der Waals surface area contributed by atoms with Gasteiger partial charge >= 0.3 is 36.1 Å². The molecule has 1 fully saturated rings. The molecule has 2 aromatic carbocycles. The first kappa shape index (κ1) is 57.4. The van der Waals surface area contributed by atoms with E-state index in [2.05, 4.69) is 32.3 Å². The maximum Gasteiger partial charge on any atom is 0.435 e. The topological polar surface area (TPSA) is 270 Å². The Bertz CT molecular complexity index is 3540. The largest absolute Gasteiger partial charge is 0.481 e. The molecule has 1 saturated carbocycles. The van der Waals surface area contributed by atoms with E-state index in [0.29, 0.717) is 6.07 Å². The van der Waals surface area contributed by atoms with Crippen molar-refractivity contribution in [2.24, 2.45) is 5.92 Å². The van der Waals surface area contributed by atoms with Gasteiger partial charge in [-0.1, -0.05) is 23.6 Å². The third kappa shape index (κ3) is 12.1. The fraction of sp³-hybridized carbons (Fsp3) is 0.378. The van der Waals surface area contributed by atoms with Crippen LogP contribution >= 0.6 is 11.6 Å².